The average molecular weight is 251 g/mol. The van der Waals surface area contributed by atoms with E-state index in [0.29, 0.717) is 0 Å². The fraction of sp³-hybridized carbons (Fsp3) is 0. The van der Waals surface area contributed by atoms with Gasteiger partial charge in [0.2, 0.25) is 0 Å². The van der Waals surface area contributed by atoms with Gasteiger partial charge >= 0.3 is 18.9 Å². The van der Waals surface area contributed by atoms with Crippen LogP contribution >= 0.6 is 0 Å². The molecular formula is H4AlLiNiYZn. The van der Waals surface area contributed by atoms with Crippen molar-refractivity contribution in [3.05, 3.63) is 0 Å². The van der Waals surface area contributed by atoms with Crippen LogP contribution in [0.1, 0.15) is 0 Å². The standard InChI is InChI=1S/Al.Li.Ni.Y.Zn.4H. The maximum atomic E-state index is 0. The van der Waals surface area contributed by atoms with E-state index in [1.165, 1.54) is 0 Å². The molecule has 5 heteroatoms. The van der Waals surface area contributed by atoms with Gasteiger partial charge in [0.05, 0.1) is 0 Å². The second-order valence-electron chi connectivity index (χ2n) is 0. The Hall–Kier alpha value is 3.35. The summed E-state index contributed by atoms with van der Waals surface area (Å²) in [5, 5.41) is 0. The third-order valence-corrected chi connectivity index (χ3v) is 0. The topological polar surface area (TPSA) is 0 Å². The summed E-state index contributed by atoms with van der Waals surface area (Å²) in [6, 6.07) is 0. The van der Waals surface area contributed by atoms with Crippen LogP contribution in [-0.2, 0) is 68.7 Å². The Balaban J connectivity index is 0. The summed E-state index contributed by atoms with van der Waals surface area (Å²) >= 11 is 0. The molecule has 23 valence electrons. The molecule has 0 spiro atoms. The number of rotatable bonds is 0. The van der Waals surface area contributed by atoms with Crippen molar-refractivity contribution in [1.82, 2.24) is 0 Å². The van der Waals surface area contributed by atoms with Crippen LogP contribution in [0.25, 0.3) is 0 Å². The minimum Gasteiger partial charge on any atom is 0 e. The van der Waals surface area contributed by atoms with Gasteiger partial charge in [-0.3, -0.25) is 0 Å². The molecule has 0 amide bonds. The second kappa shape index (κ2) is 26.4. The van der Waals surface area contributed by atoms with Crippen molar-refractivity contribution in [2.24, 2.45) is 0 Å². The average Bonchev–Trinajstić information content (AvgIpc) is 0. The summed E-state index contributed by atoms with van der Waals surface area (Å²) in [4.78, 5) is 0. The molecule has 0 rings (SSSR count). The van der Waals surface area contributed by atoms with E-state index in [1.54, 1.807) is 0 Å². The molecule has 0 atom stereocenters. The van der Waals surface area contributed by atoms with Crippen molar-refractivity contribution in [2.45, 2.75) is 0 Å². The molecule has 0 saturated carbocycles. The van der Waals surface area contributed by atoms with Crippen molar-refractivity contribution < 1.29 is 68.7 Å². The minimum absolute atomic E-state index is 0. The van der Waals surface area contributed by atoms with Gasteiger partial charge in [-0.05, 0) is 0 Å². The Labute approximate surface area is 103 Å². The van der Waals surface area contributed by atoms with Crippen molar-refractivity contribution >= 4 is 36.2 Å². The van der Waals surface area contributed by atoms with Gasteiger partial charge in [-0.25, -0.2) is 0 Å². The molecule has 1 radical (unpaired) electrons. The van der Waals surface area contributed by atoms with Gasteiger partial charge in [-0.1, -0.05) is 0 Å². The fourth-order valence-corrected chi connectivity index (χ4v) is 0. The number of hydrogen-bond donors (Lipinski definition) is 0. The summed E-state index contributed by atoms with van der Waals surface area (Å²) < 4.78 is 0. The van der Waals surface area contributed by atoms with Crippen molar-refractivity contribution in [3.8, 4) is 0 Å². The van der Waals surface area contributed by atoms with E-state index in [1.807, 2.05) is 0 Å². The van der Waals surface area contributed by atoms with Gasteiger partial charge in [-0.15, -0.1) is 0 Å². The van der Waals surface area contributed by atoms with E-state index in [4.69, 9.17) is 0 Å². The monoisotopic (exact) mass is 249 g/mol. The van der Waals surface area contributed by atoms with Gasteiger partial charge in [-0.2, -0.15) is 0 Å². The fourth-order valence-electron chi connectivity index (χ4n) is 0. The zero-order chi connectivity index (χ0) is 0. The molecule has 0 aromatic carbocycles. The van der Waals surface area contributed by atoms with Gasteiger partial charge < -0.3 is 0 Å². The van der Waals surface area contributed by atoms with Crippen LogP contribution in [0.3, 0.4) is 0 Å². The largest absolute Gasteiger partial charge is 0 e. The third-order valence-electron chi connectivity index (χ3n) is 0. The van der Waals surface area contributed by atoms with Gasteiger partial charge in [0, 0.05) is 68.7 Å². The minimum atomic E-state index is 0. The second-order valence-corrected chi connectivity index (χ2v) is 0. The molecule has 0 aliphatic carbocycles. The van der Waals surface area contributed by atoms with Gasteiger partial charge in [0.25, 0.3) is 0 Å². The van der Waals surface area contributed by atoms with Crippen LogP contribution in [-0.4, -0.2) is 36.2 Å². The zero-order valence-electron chi connectivity index (χ0n) is 1.60. The third kappa shape index (κ3) is 18.7. The molecule has 0 saturated heterocycles. The Morgan fingerprint density at radius 2 is 1.00 bits per heavy atom. The predicted molar refractivity (Wildman–Crippen MR) is 17.1 cm³/mol. The van der Waals surface area contributed by atoms with E-state index >= 15 is 0 Å². The van der Waals surface area contributed by atoms with Gasteiger partial charge in [0.15, 0.2) is 17.4 Å². The van der Waals surface area contributed by atoms with Crippen LogP contribution in [0.2, 0.25) is 0 Å². The molecule has 5 heavy (non-hydrogen) atoms. The summed E-state index contributed by atoms with van der Waals surface area (Å²) in [5.74, 6) is 0. The van der Waals surface area contributed by atoms with Gasteiger partial charge in [0.1, 0.15) is 0 Å². The Kier molecular flexibility index (Phi) is 212. The summed E-state index contributed by atoms with van der Waals surface area (Å²) in [5.41, 5.74) is 0. The molecular weight excluding hydrogens is 247 g/mol. The molecule has 0 N–H and O–H groups in total. The van der Waals surface area contributed by atoms with E-state index in [0.717, 1.165) is 0 Å². The Morgan fingerprint density at radius 1 is 1.00 bits per heavy atom. The van der Waals surface area contributed by atoms with E-state index in [9.17, 15) is 0 Å². The summed E-state index contributed by atoms with van der Waals surface area (Å²) in [6.45, 7) is 0. The first-order valence-electron chi connectivity index (χ1n) is 0. The van der Waals surface area contributed by atoms with E-state index < -0.39 is 0 Å². The molecule has 0 fully saturated rings. The normalized spacial score (nSPS) is 0. The zero-order valence-corrected chi connectivity index (χ0v) is 8.39. The summed E-state index contributed by atoms with van der Waals surface area (Å²) in [6.07, 6.45) is 0. The first-order valence-corrected chi connectivity index (χ1v) is 0. The van der Waals surface area contributed by atoms with Crippen LogP contribution in [0.5, 0.6) is 0 Å². The Bertz CT molecular complexity index is 11.6. The summed E-state index contributed by atoms with van der Waals surface area (Å²) in [7, 11) is 0. The van der Waals surface area contributed by atoms with E-state index in [2.05, 4.69) is 0 Å². The quantitative estimate of drug-likeness (QED) is 0.444. The molecule has 0 bridgehead atoms. The molecule has 0 aromatic heterocycles. The predicted octanol–water partition coefficient (Wildman–Crippen LogP) is -1.84. The molecule has 0 heterocycles. The molecule has 0 unspecified atom stereocenters. The first kappa shape index (κ1) is 40.2. The van der Waals surface area contributed by atoms with Crippen LogP contribution < -0.4 is 0 Å². The van der Waals surface area contributed by atoms with E-state index in [-0.39, 0.29) is 105 Å². The maximum absolute atomic E-state index is 0. The first-order chi connectivity index (χ1) is 0. The maximum Gasteiger partial charge on any atom is 0 e. The SMILES string of the molecule is [AlH3].[LiH].[Ni].[Y].[Zn]. The van der Waals surface area contributed by atoms with Crippen LogP contribution in [0, 0.1) is 0 Å². The van der Waals surface area contributed by atoms with Crippen molar-refractivity contribution in [2.75, 3.05) is 0 Å². The molecule has 0 aliphatic rings. The smallest absolute Gasteiger partial charge is 0 e. The van der Waals surface area contributed by atoms with Crippen LogP contribution in [0.15, 0.2) is 0 Å². The molecule has 0 aliphatic heterocycles. The molecule has 0 aromatic rings. The number of hydrogen-bond acceptors (Lipinski definition) is 0. The van der Waals surface area contributed by atoms with Crippen molar-refractivity contribution in [3.63, 3.8) is 0 Å². The Morgan fingerprint density at radius 3 is 1.00 bits per heavy atom. The van der Waals surface area contributed by atoms with Crippen molar-refractivity contribution in [1.29, 1.82) is 0 Å². The van der Waals surface area contributed by atoms with Crippen LogP contribution in [0.4, 0.5) is 0 Å². The molecule has 0 nitrogen and oxygen atoms in total.